The van der Waals surface area contributed by atoms with E-state index in [0.717, 1.165) is 12.8 Å². The minimum atomic E-state index is -0.987. The molecule has 0 spiro atoms. The molecular formula is C14H15N3O3S. The van der Waals surface area contributed by atoms with Gasteiger partial charge in [-0.2, -0.15) is 0 Å². The molecule has 2 aromatic rings. The number of carboxylic acid groups (broad SMARTS) is 1. The third-order valence-electron chi connectivity index (χ3n) is 3.56. The summed E-state index contributed by atoms with van der Waals surface area (Å²) in [5, 5.41) is 12.5. The van der Waals surface area contributed by atoms with E-state index in [1.54, 1.807) is 6.07 Å². The van der Waals surface area contributed by atoms with Crippen LogP contribution < -0.4 is 5.32 Å². The summed E-state index contributed by atoms with van der Waals surface area (Å²) in [4.78, 5) is 27.9. The molecule has 2 heterocycles. The van der Waals surface area contributed by atoms with Crippen molar-refractivity contribution in [1.29, 1.82) is 0 Å². The molecule has 7 heteroatoms. The molecule has 2 aromatic heterocycles. The van der Waals surface area contributed by atoms with Crippen LogP contribution in [0.1, 0.15) is 23.3 Å². The highest BCUT2D eigenvalue weighted by Crippen LogP contribution is 2.33. The van der Waals surface area contributed by atoms with Gasteiger partial charge in [0.25, 0.3) is 5.91 Å². The highest BCUT2D eigenvalue weighted by Gasteiger charge is 2.38. The highest BCUT2D eigenvalue weighted by atomic mass is 32.2. The molecular weight excluding hydrogens is 290 g/mol. The molecule has 21 heavy (non-hydrogen) atoms. The number of nitrogens with one attached hydrogen (secondary N) is 1. The number of nitrogens with zero attached hydrogens (tertiary/aromatic N) is 2. The summed E-state index contributed by atoms with van der Waals surface area (Å²) in [7, 11) is 0. The van der Waals surface area contributed by atoms with Crippen molar-refractivity contribution >= 4 is 29.2 Å². The van der Waals surface area contributed by atoms with Crippen LogP contribution in [0.4, 0.5) is 0 Å². The van der Waals surface area contributed by atoms with Crippen LogP contribution in [0.25, 0.3) is 5.52 Å². The molecule has 1 aliphatic rings. The van der Waals surface area contributed by atoms with Crippen molar-refractivity contribution in [1.82, 2.24) is 14.7 Å². The molecule has 6 nitrogen and oxygen atoms in total. The Morgan fingerprint density at radius 1 is 1.48 bits per heavy atom. The zero-order valence-corrected chi connectivity index (χ0v) is 12.3. The molecule has 3 rings (SSSR count). The largest absolute Gasteiger partial charge is 0.480 e. The Morgan fingerprint density at radius 2 is 2.24 bits per heavy atom. The number of aromatic nitrogens is 2. The fourth-order valence-electron chi connectivity index (χ4n) is 2.34. The summed E-state index contributed by atoms with van der Waals surface area (Å²) in [5.74, 6) is -1.38. The first-order chi connectivity index (χ1) is 10.1. The summed E-state index contributed by atoms with van der Waals surface area (Å²) >= 11 is 1.44. The van der Waals surface area contributed by atoms with E-state index in [2.05, 4.69) is 10.3 Å². The number of thioether (sulfide) groups is 1. The van der Waals surface area contributed by atoms with Crippen LogP contribution in [0.15, 0.2) is 29.6 Å². The summed E-state index contributed by atoms with van der Waals surface area (Å²) in [6.07, 6.45) is 5.41. The highest BCUT2D eigenvalue weighted by molar-refractivity contribution is 7.98. The van der Waals surface area contributed by atoms with Gasteiger partial charge in [0.2, 0.25) is 0 Å². The van der Waals surface area contributed by atoms with Crippen LogP contribution in [-0.2, 0) is 4.79 Å². The van der Waals surface area contributed by atoms with Crippen molar-refractivity contribution in [2.45, 2.75) is 24.0 Å². The topological polar surface area (TPSA) is 83.7 Å². The number of imidazole rings is 1. The first kappa shape index (κ1) is 13.9. The molecule has 1 amide bonds. The van der Waals surface area contributed by atoms with Crippen LogP contribution in [0, 0.1) is 5.92 Å². The van der Waals surface area contributed by atoms with Crippen molar-refractivity contribution in [3.05, 3.63) is 30.1 Å². The molecule has 1 atom stereocenters. The Hall–Kier alpha value is -2.02. The normalized spacial score (nSPS) is 15.9. The molecule has 0 aromatic carbocycles. The second-order valence-corrected chi connectivity index (χ2v) is 5.80. The molecule has 0 aliphatic heterocycles. The van der Waals surface area contributed by atoms with E-state index in [0.29, 0.717) is 10.7 Å². The molecule has 1 unspecified atom stereocenters. The molecule has 1 aliphatic carbocycles. The quantitative estimate of drug-likeness (QED) is 0.821. The van der Waals surface area contributed by atoms with Gasteiger partial charge in [-0.05, 0) is 37.1 Å². The molecule has 0 bridgehead atoms. The summed E-state index contributed by atoms with van der Waals surface area (Å²) in [6, 6.07) is 4.66. The zero-order valence-electron chi connectivity index (χ0n) is 11.4. The van der Waals surface area contributed by atoms with Crippen LogP contribution in [0.3, 0.4) is 0 Å². The summed E-state index contributed by atoms with van der Waals surface area (Å²) in [5.41, 5.74) is 0.950. The van der Waals surface area contributed by atoms with Crippen molar-refractivity contribution in [2.24, 2.45) is 5.92 Å². The monoisotopic (exact) mass is 305 g/mol. The van der Waals surface area contributed by atoms with E-state index < -0.39 is 17.9 Å². The third-order valence-corrected chi connectivity index (χ3v) is 4.21. The van der Waals surface area contributed by atoms with Crippen LogP contribution >= 0.6 is 11.8 Å². The standard InChI is InChI=1S/C14H15N3O3S/c1-21-14-16-11(9-4-2-3-7-17(9)14)12(18)15-10(13(19)20)8-5-6-8/h2-4,7-8,10H,5-6H2,1H3,(H,15,18)(H,19,20). The van der Waals surface area contributed by atoms with Gasteiger partial charge in [0, 0.05) is 6.20 Å². The number of aliphatic carboxylic acids is 1. The van der Waals surface area contributed by atoms with Gasteiger partial charge in [-0.25, -0.2) is 9.78 Å². The molecule has 0 radical (unpaired) electrons. The van der Waals surface area contributed by atoms with Gasteiger partial charge in [-0.1, -0.05) is 17.8 Å². The zero-order chi connectivity index (χ0) is 15.0. The lowest BCUT2D eigenvalue weighted by Gasteiger charge is -2.12. The first-order valence-electron chi connectivity index (χ1n) is 6.66. The molecule has 1 fully saturated rings. The minimum Gasteiger partial charge on any atom is -0.480 e. The van der Waals surface area contributed by atoms with E-state index >= 15 is 0 Å². The molecule has 1 saturated carbocycles. The van der Waals surface area contributed by atoms with Gasteiger partial charge >= 0.3 is 5.97 Å². The Balaban J connectivity index is 1.92. The lowest BCUT2D eigenvalue weighted by atomic mass is 10.2. The Morgan fingerprint density at radius 3 is 2.86 bits per heavy atom. The number of carboxylic acids is 1. The maximum atomic E-state index is 12.4. The molecule has 0 saturated heterocycles. The van der Waals surface area contributed by atoms with Gasteiger partial charge in [0.05, 0.1) is 5.52 Å². The maximum absolute atomic E-state index is 12.4. The van der Waals surface area contributed by atoms with Crippen molar-refractivity contribution in [3.8, 4) is 0 Å². The van der Waals surface area contributed by atoms with Crippen molar-refractivity contribution in [3.63, 3.8) is 0 Å². The van der Waals surface area contributed by atoms with Gasteiger partial charge in [-0.3, -0.25) is 9.20 Å². The number of hydrogen-bond acceptors (Lipinski definition) is 4. The number of carbonyl (C=O) groups excluding carboxylic acids is 1. The van der Waals surface area contributed by atoms with E-state index in [1.807, 2.05) is 29.0 Å². The third kappa shape index (κ3) is 2.61. The maximum Gasteiger partial charge on any atom is 0.326 e. The first-order valence-corrected chi connectivity index (χ1v) is 7.89. The van der Waals surface area contributed by atoms with E-state index in [9.17, 15) is 14.7 Å². The van der Waals surface area contributed by atoms with E-state index in [4.69, 9.17) is 0 Å². The Kier molecular flexibility index (Phi) is 3.59. The fourth-order valence-corrected chi connectivity index (χ4v) is 2.88. The van der Waals surface area contributed by atoms with Crippen molar-refractivity contribution in [2.75, 3.05) is 6.26 Å². The fraction of sp³-hybridized carbons (Fsp3) is 0.357. The number of pyridine rings is 1. The second kappa shape index (κ2) is 5.40. The van der Waals surface area contributed by atoms with Gasteiger partial charge in [0.1, 0.15) is 6.04 Å². The van der Waals surface area contributed by atoms with Gasteiger partial charge in [-0.15, -0.1) is 0 Å². The van der Waals surface area contributed by atoms with Crippen molar-refractivity contribution < 1.29 is 14.7 Å². The Labute approximate surface area is 125 Å². The number of rotatable bonds is 5. The Bertz CT molecular complexity index is 709. The SMILES string of the molecule is CSc1nc(C(=O)NC(C(=O)O)C2CC2)c2ccccn12. The number of amides is 1. The van der Waals surface area contributed by atoms with Crippen LogP contribution in [-0.4, -0.2) is 38.7 Å². The number of carbonyl (C=O) groups is 2. The predicted octanol–water partition coefficient (Wildman–Crippen LogP) is 1.65. The number of fused-ring (bicyclic) bond motifs is 1. The van der Waals surface area contributed by atoms with E-state index in [-0.39, 0.29) is 11.6 Å². The average Bonchev–Trinajstić information content (AvgIpc) is 3.24. The lowest BCUT2D eigenvalue weighted by Crippen LogP contribution is -2.42. The average molecular weight is 305 g/mol. The second-order valence-electron chi connectivity index (χ2n) is 5.03. The molecule has 110 valence electrons. The smallest absolute Gasteiger partial charge is 0.326 e. The summed E-state index contributed by atoms with van der Waals surface area (Å²) in [6.45, 7) is 0. The van der Waals surface area contributed by atoms with Crippen LogP contribution in [0.2, 0.25) is 0 Å². The van der Waals surface area contributed by atoms with Gasteiger partial charge in [0.15, 0.2) is 10.9 Å². The summed E-state index contributed by atoms with van der Waals surface area (Å²) < 4.78 is 1.83. The van der Waals surface area contributed by atoms with E-state index in [1.165, 1.54) is 11.8 Å². The predicted molar refractivity (Wildman–Crippen MR) is 78.6 cm³/mol. The number of hydrogen-bond donors (Lipinski definition) is 2. The van der Waals surface area contributed by atoms with Crippen LogP contribution in [0.5, 0.6) is 0 Å². The minimum absolute atomic E-state index is 0.0420. The lowest BCUT2D eigenvalue weighted by molar-refractivity contribution is -0.139. The molecule has 2 N–H and O–H groups in total. The van der Waals surface area contributed by atoms with Gasteiger partial charge < -0.3 is 10.4 Å².